The van der Waals surface area contributed by atoms with Gasteiger partial charge in [-0.25, -0.2) is 0 Å². The van der Waals surface area contributed by atoms with Crippen molar-refractivity contribution in [3.05, 3.63) is 39.9 Å². The summed E-state index contributed by atoms with van der Waals surface area (Å²) in [6.45, 7) is 1.82. The summed E-state index contributed by atoms with van der Waals surface area (Å²) in [5.41, 5.74) is 1.69. The van der Waals surface area contributed by atoms with Gasteiger partial charge >= 0.3 is 5.97 Å². The number of hydrogen-bond donors (Lipinski definition) is 1. The van der Waals surface area contributed by atoms with Crippen LogP contribution in [0.4, 0.5) is 0 Å². The fourth-order valence-corrected chi connectivity index (χ4v) is 1.67. The molecule has 0 fully saturated rings. The zero-order valence-electron chi connectivity index (χ0n) is 8.13. The van der Waals surface area contributed by atoms with Crippen LogP contribution in [0, 0.1) is 0 Å². The maximum Gasteiger partial charge on any atom is 0.307 e. The lowest BCUT2D eigenvalue weighted by Crippen LogP contribution is -1.91. The van der Waals surface area contributed by atoms with Crippen molar-refractivity contribution in [2.24, 2.45) is 0 Å². The van der Waals surface area contributed by atoms with Gasteiger partial charge in [0, 0.05) is 10.0 Å². The summed E-state index contributed by atoms with van der Waals surface area (Å²) in [4.78, 5) is 10.4. The molecule has 0 aliphatic carbocycles. The van der Waals surface area contributed by atoms with E-state index in [1.165, 1.54) is 0 Å². The number of hydrogen-bond acceptors (Lipinski definition) is 1. The highest BCUT2D eigenvalue weighted by atomic mass is 35.5. The molecule has 0 aromatic heterocycles. The number of benzene rings is 1. The Morgan fingerprint density at radius 3 is 2.33 bits per heavy atom. The predicted molar refractivity (Wildman–Crippen MR) is 62.4 cm³/mol. The molecular weight excluding hydrogens is 235 g/mol. The van der Waals surface area contributed by atoms with E-state index in [1.807, 2.05) is 6.92 Å². The van der Waals surface area contributed by atoms with E-state index in [4.69, 9.17) is 28.3 Å². The molecule has 0 heterocycles. The smallest absolute Gasteiger partial charge is 0.307 e. The van der Waals surface area contributed by atoms with Crippen molar-refractivity contribution in [2.75, 3.05) is 0 Å². The lowest BCUT2D eigenvalue weighted by Gasteiger charge is -2.03. The maximum absolute atomic E-state index is 10.4. The molecule has 0 amide bonds. The molecule has 1 N–H and O–H groups in total. The van der Waals surface area contributed by atoms with Gasteiger partial charge in [0.15, 0.2) is 0 Å². The van der Waals surface area contributed by atoms with Crippen LogP contribution in [0.15, 0.2) is 24.3 Å². The Balaban J connectivity index is 2.95. The molecule has 1 rings (SSSR count). The second-order valence-corrected chi connectivity index (χ2v) is 4.02. The first-order valence-corrected chi connectivity index (χ1v) is 5.09. The molecule has 0 bridgehead atoms. The van der Waals surface area contributed by atoms with Crippen LogP contribution in [0.5, 0.6) is 0 Å². The van der Waals surface area contributed by atoms with E-state index < -0.39 is 5.97 Å². The van der Waals surface area contributed by atoms with Crippen LogP contribution in [-0.2, 0) is 4.79 Å². The minimum atomic E-state index is -0.859. The zero-order valence-corrected chi connectivity index (χ0v) is 9.64. The third-order valence-corrected chi connectivity index (χ3v) is 2.34. The van der Waals surface area contributed by atoms with Gasteiger partial charge in [0.25, 0.3) is 0 Å². The number of allylic oxidation sites excluding steroid dienone is 1. The third kappa shape index (κ3) is 3.94. The van der Waals surface area contributed by atoms with Gasteiger partial charge in [-0.3, -0.25) is 4.79 Å². The molecule has 0 atom stereocenters. The Morgan fingerprint density at radius 1 is 1.33 bits per heavy atom. The van der Waals surface area contributed by atoms with Crippen molar-refractivity contribution >= 4 is 34.7 Å². The lowest BCUT2D eigenvalue weighted by atomic mass is 10.1. The molecule has 0 saturated carbocycles. The normalized spacial score (nSPS) is 11.5. The molecule has 2 nitrogen and oxygen atoms in total. The van der Waals surface area contributed by atoms with Crippen LogP contribution in [0.2, 0.25) is 10.0 Å². The first kappa shape index (κ1) is 12.1. The zero-order chi connectivity index (χ0) is 11.4. The van der Waals surface area contributed by atoms with E-state index in [1.54, 1.807) is 24.3 Å². The molecule has 1 aromatic rings. The highest BCUT2D eigenvalue weighted by Gasteiger charge is 2.01. The highest BCUT2D eigenvalue weighted by Crippen LogP contribution is 2.24. The Bertz CT molecular complexity index is 391. The largest absolute Gasteiger partial charge is 0.481 e. The Kier molecular flexibility index (Phi) is 4.18. The maximum atomic E-state index is 10.4. The van der Waals surface area contributed by atoms with Gasteiger partial charge in [-0.15, -0.1) is 0 Å². The van der Waals surface area contributed by atoms with Crippen molar-refractivity contribution in [1.82, 2.24) is 0 Å². The van der Waals surface area contributed by atoms with E-state index in [9.17, 15) is 4.79 Å². The fraction of sp³-hybridized carbons (Fsp3) is 0.182. The molecule has 15 heavy (non-hydrogen) atoms. The summed E-state index contributed by atoms with van der Waals surface area (Å²) in [5, 5.41) is 9.61. The van der Waals surface area contributed by atoms with Crippen LogP contribution in [0.3, 0.4) is 0 Å². The Hall–Kier alpha value is -0.990. The monoisotopic (exact) mass is 244 g/mol. The lowest BCUT2D eigenvalue weighted by molar-refractivity contribution is -0.135. The summed E-state index contributed by atoms with van der Waals surface area (Å²) >= 11 is 11.7. The summed E-state index contributed by atoms with van der Waals surface area (Å²) in [6.07, 6.45) is 1.63. The molecule has 4 heteroatoms. The molecule has 1 aromatic carbocycles. The molecule has 0 saturated heterocycles. The Labute approximate surface area is 98.1 Å². The summed E-state index contributed by atoms with van der Waals surface area (Å²) in [5.74, 6) is -0.859. The fourth-order valence-electron chi connectivity index (χ4n) is 1.14. The van der Waals surface area contributed by atoms with Crippen LogP contribution in [0.25, 0.3) is 5.57 Å². The summed E-state index contributed by atoms with van der Waals surface area (Å²) in [6, 6.07) is 5.14. The van der Waals surface area contributed by atoms with Crippen molar-refractivity contribution in [1.29, 1.82) is 0 Å². The van der Waals surface area contributed by atoms with Gasteiger partial charge in [-0.1, -0.05) is 29.3 Å². The van der Waals surface area contributed by atoms with E-state index in [-0.39, 0.29) is 6.42 Å². The van der Waals surface area contributed by atoms with Gasteiger partial charge in [-0.2, -0.15) is 0 Å². The standard InChI is InChI=1S/C11H10Cl2O2/c1-7(2-3-11(14)15)8-4-9(12)6-10(13)5-8/h2,4-6H,3H2,1H3,(H,14,15)/b7-2+. The minimum absolute atomic E-state index is 0.00400. The van der Waals surface area contributed by atoms with E-state index >= 15 is 0 Å². The van der Waals surface area contributed by atoms with Crippen molar-refractivity contribution in [3.8, 4) is 0 Å². The number of aliphatic carboxylic acids is 1. The van der Waals surface area contributed by atoms with Gasteiger partial charge in [0.2, 0.25) is 0 Å². The van der Waals surface area contributed by atoms with Gasteiger partial charge in [0.1, 0.15) is 0 Å². The van der Waals surface area contributed by atoms with Crippen molar-refractivity contribution in [2.45, 2.75) is 13.3 Å². The average Bonchev–Trinajstić information content (AvgIpc) is 2.12. The predicted octanol–water partition coefficient (Wildman–Crippen LogP) is 3.87. The van der Waals surface area contributed by atoms with E-state index in [2.05, 4.69) is 0 Å². The first-order valence-electron chi connectivity index (χ1n) is 4.34. The van der Waals surface area contributed by atoms with Gasteiger partial charge in [-0.05, 0) is 36.3 Å². The van der Waals surface area contributed by atoms with Crippen LogP contribution >= 0.6 is 23.2 Å². The second-order valence-electron chi connectivity index (χ2n) is 3.14. The number of carbonyl (C=O) groups is 1. The van der Waals surface area contributed by atoms with Crippen LogP contribution in [0.1, 0.15) is 18.9 Å². The number of carboxylic acids is 1. The number of rotatable bonds is 3. The molecule has 0 spiro atoms. The SMILES string of the molecule is C/C(=C\CC(=O)O)c1cc(Cl)cc(Cl)c1. The van der Waals surface area contributed by atoms with Gasteiger partial charge < -0.3 is 5.11 Å². The van der Waals surface area contributed by atoms with E-state index in [0.29, 0.717) is 10.0 Å². The average molecular weight is 245 g/mol. The second kappa shape index (κ2) is 5.19. The summed E-state index contributed by atoms with van der Waals surface area (Å²) in [7, 11) is 0. The number of carboxylic acid groups (broad SMARTS) is 1. The molecular formula is C11H10Cl2O2. The molecule has 80 valence electrons. The van der Waals surface area contributed by atoms with Gasteiger partial charge in [0.05, 0.1) is 6.42 Å². The number of halogens is 2. The Morgan fingerprint density at radius 2 is 1.87 bits per heavy atom. The van der Waals surface area contributed by atoms with E-state index in [0.717, 1.165) is 11.1 Å². The minimum Gasteiger partial charge on any atom is -0.481 e. The van der Waals surface area contributed by atoms with Crippen molar-refractivity contribution in [3.63, 3.8) is 0 Å². The van der Waals surface area contributed by atoms with Crippen molar-refractivity contribution < 1.29 is 9.90 Å². The molecule has 0 unspecified atom stereocenters. The molecule has 0 aliphatic rings. The quantitative estimate of drug-likeness (QED) is 0.877. The first-order chi connectivity index (χ1) is 6.99. The third-order valence-electron chi connectivity index (χ3n) is 1.90. The van der Waals surface area contributed by atoms with Crippen LogP contribution in [-0.4, -0.2) is 11.1 Å². The van der Waals surface area contributed by atoms with Crippen LogP contribution < -0.4 is 0 Å². The topological polar surface area (TPSA) is 37.3 Å². The highest BCUT2D eigenvalue weighted by molar-refractivity contribution is 6.34. The molecule has 0 radical (unpaired) electrons. The molecule has 0 aliphatic heterocycles. The summed E-state index contributed by atoms with van der Waals surface area (Å²) < 4.78 is 0.